The van der Waals surface area contributed by atoms with Gasteiger partial charge in [0.2, 0.25) is 11.8 Å². The summed E-state index contributed by atoms with van der Waals surface area (Å²) in [5.41, 5.74) is 4.55. The van der Waals surface area contributed by atoms with Crippen molar-refractivity contribution < 1.29 is 14.4 Å². The maximum atomic E-state index is 12.9. The summed E-state index contributed by atoms with van der Waals surface area (Å²) in [6.07, 6.45) is 5.07. The first kappa shape index (κ1) is 18.1. The lowest BCUT2D eigenvalue weighted by Gasteiger charge is -2.35. The number of barbiturate groups is 1. The molecule has 2 aliphatic heterocycles. The summed E-state index contributed by atoms with van der Waals surface area (Å²) in [7, 11) is 0. The van der Waals surface area contributed by atoms with Crippen LogP contribution in [0.5, 0.6) is 0 Å². The summed E-state index contributed by atoms with van der Waals surface area (Å²) in [6.45, 7) is 3.65. The summed E-state index contributed by atoms with van der Waals surface area (Å²) < 4.78 is 0. The molecule has 138 valence electrons. The molecule has 2 aliphatic rings. The van der Waals surface area contributed by atoms with Crippen molar-refractivity contribution in [2.75, 3.05) is 13.1 Å². The smallest absolute Gasteiger partial charge is 0.322 e. The van der Waals surface area contributed by atoms with Crippen LogP contribution in [-0.2, 0) is 16.1 Å². The largest absolute Gasteiger partial charge is 0.331 e. The molecule has 2 fully saturated rings. The minimum atomic E-state index is -1.04. The Bertz CT molecular complexity index is 711. The molecule has 0 unspecified atom stereocenters. The van der Waals surface area contributed by atoms with E-state index in [1.165, 1.54) is 6.42 Å². The molecule has 2 heterocycles. The van der Waals surface area contributed by atoms with Gasteiger partial charge in [-0.2, -0.15) is 0 Å². The van der Waals surface area contributed by atoms with Gasteiger partial charge in [-0.25, -0.2) is 9.80 Å². The van der Waals surface area contributed by atoms with Gasteiger partial charge in [-0.05, 0) is 25.3 Å². The van der Waals surface area contributed by atoms with Gasteiger partial charge in [0.15, 0.2) is 5.92 Å². The number of nitrogens with one attached hydrogen (secondary N) is 2. The predicted octanol–water partition coefficient (Wildman–Crippen LogP) is 1.78. The summed E-state index contributed by atoms with van der Waals surface area (Å²) in [5, 5.41) is 4.34. The lowest BCUT2D eigenvalue weighted by molar-refractivity contribution is -0.141. The molecule has 3 rings (SSSR count). The quantitative estimate of drug-likeness (QED) is 0.786. The average Bonchev–Trinajstić information content (AvgIpc) is 2.66. The van der Waals surface area contributed by atoms with Crippen molar-refractivity contribution in [3.05, 3.63) is 47.7 Å². The molecule has 4 amide bonds. The Hall–Kier alpha value is -2.67. The van der Waals surface area contributed by atoms with E-state index in [1.54, 1.807) is 13.0 Å². The van der Waals surface area contributed by atoms with Gasteiger partial charge in [0.05, 0.1) is 6.54 Å². The number of imide groups is 2. The SMILES string of the molecule is C/C=C(/NN1CCCCC1)[C@@H]1C(=O)NC(=O)N(Cc2ccccc2)C1=O. The van der Waals surface area contributed by atoms with Gasteiger partial charge in [-0.1, -0.05) is 42.8 Å². The molecule has 7 nitrogen and oxygen atoms in total. The van der Waals surface area contributed by atoms with E-state index in [4.69, 9.17) is 0 Å². The normalized spacial score (nSPS) is 22.3. The number of amides is 4. The Balaban J connectivity index is 1.77. The van der Waals surface area contributed by atoms with Crippen LogP contribution in [0.15, 0.2) is 42.1 Å². The van der Waals surface area contributed by atoms with Gasteiger partial charge >= 0.3 is 6.03 Å². The number of hydrogen-bond donors (Lipinski definition) is 2. The van der Waals surface area contributed by atoms with E-state index in [0.29, 0.717) is 5.70 Å². The molecule has 0 spiro atoms. The van der Waals surface area contributed by atoms with Crippen LogP contribution in [0.4, 0.5) is 4.79 Å². The number of allylic oxidation sites excluding steroid dienone is 1. The first-order valence-corrected chi connectivity index (χ1v) is 8.98. The number of carbonyl (C=O) groups excluding carboxylic acids is 3. The third-order valence-corrected chi connectivity index (χ3v) is 4.70. The molecule has 1 aromatic rings. The number of piperidine rings is 1. The summed E-state index contributed by atoms with van der Waals surface area (Å²) in [4.78, 5) is 38.6. The van der Waals surface area contributed by atoms with Crippen molar-refractivity contribution in [1.29, 1.82) is 0 Å². The van der Waals surface area contributed by atoms with Crippen LogP contribution in [0.1, 0.15) is 31.7 Å². The molecule has 7 heteroatoms. The van der Waals surface area contributed by atoms with Crippen molar-refractivity contribution in [1.82, 2.24) is 20.7 Å². The molecule has 2 saturated heterocycles. The van der Waals surface area contributed by atoms with Gasteiger partial charge in [0.25, 0.3) is 0 Å². The molecular formula is C19H24N4O3. The van der Waals surface area contributed by atoms with Crippen molar-refractivity contribution in [2.24, 2.45) is 5.92 Å². The van der Waals surface area contributed by atoms with Gasteiger partial charge in [0.1, 0.15) is 0 Å². The Morgan fingerprint density at radius 1 is 1.15 bits per heavy atom. The minimum Gasteiger partial charge on any atom is -0.322 e. The molecule has 0 radical (unpaired) electrons. The van der Waals surface area contributed by atoms with Crippen LogP contribution in [0.3, 0.4) is 0 Å². The lowest BCUT2D eigenvalue weighted by Crippen LogP contribution is -2.59. The minimum absolute atomic E-state index is 0.135. The van der Waals surface area contributed by atoms with Crippen LogP contribution in [0.2, 0.25) is 0 Å². The number of nitrogens with zero attached hydrogens (tertiary/aromatic N) is 2. The third-order valence-electron chi connectivity index (χ3n) is 4.70. The molecule has 2 N–H and O–H groups in total. The van der Waals surface area contributed by atoms with Crippen LogP contribution >= 0.6 is 0 Å². The number of carbonyl (C=O) groups is 3. The Labute approximate surface area is 153 Å². The molecule has 0 aliphatic carbocycles. The maximum Gasteiger partial charge on any atom is 0.331 e. The lowest BCUT2D eigenvalue weighted by atomic mass is 9.99. The fourth-order valence-corrected chi connectivity index (χ4v) is 3.29. The Morgan fingerprint density at radius 3 is 2.50 bits per heavy atom. The number of hydrazine groups is 1. The highest BCUT2D eigenvalue weighted by Gasteiger charge is 2.42. The third kappa shape index (κ3) is 3.94. The zero-order valence-electron chi connectivity index (χ0n) is 14.9. The average molecular weight is 356 g/mol. The number of hydrogen-bond acceptors (Lipinski definition) is 5. The summed E-state index contributed by atoms with van der Waals surface area (Å²) in [5.74, 6) is -2.12. The van der Waals surface area contributed by atoms with Crippen molar-refractivity contribution in [2.45, 2.75) is 32.7 Å². The standard InChI is InChI=1S/C19H24N4O3/c1-2-15(21-22-11-7-4-8-12-22)16-17(24)20-19(26)23(18(16)25)13-14-9-5-3-6-10-14/h2-3,5-6,9-10,16,21H,4,7-8,11-13H2,1H3,(H,20,24,26)/b15-2+/t16-/m1/s1. The Morgan fingerprint density at radius 2 is 1.85 bits per heavy atom. The monoisotopic (exact) mass is 356 g/mol. The molecule has 0 saturated carbocycles. The van der Waals surface area contributed by atoms with Gasteiger partial charge in [-0.3, -0.25) is 19.8 Å². The number of urea groups is 1. The van der Waals surface area contributed by atoms with Crippen LogP contribution in [0, 0.1) is 5.92 Å². The van der Waals surface area contributed by atoms with E-state index in [2.05, 4.69) is 10.7 Å². The van der Waals surface area contributed by atoms with Gasteiger partial charge < -0.3 is 5.43 Å². The molecule has 26 heavy (non-hydrogen) atoms. The van der Waals surface area contributed by atoms with Crippen LogP contribution in [0.25, 0.3) is 0 Å². The second-order valence-electron chi connectivity index (χ2n) is 6.54. The fraction of sp³-hybridized carbons (Fsp3) is 0.421. The van der Waals surface area contributed by atoms with E-state index in [-0.39, 0.29) is 6.54 Å². The summed E-state index contributed by atoms with van der Waals surface area (Å²) >= 11 is 0. The van der Waals surface area contributed by atoms with E-state index in [1.807, 2.05) is 35.3 Å². The highest BCUT2D eigenvalue weighted by atomic mass is 16.2. The fourth-order valence-electron chi connectivity index (χ4n) is 3.29. The number of benzene rings is 1. The molecule has 0 bridgehead atoms. The first-order chi connectivity index (χ1) is 12.6. The first-order valence-electron chi connectivity index (χ1n) is 8.98. The highest BCUT2D eigenvalue weighted by Crippen LogP contribution is 2.20. The second kappa shape index (κ2) is 8.14. The zero-order valence-corrected chi connectivity index (χ0v) is 14.9. The number of rotatable bonds is 5. The van der Waals surface area contributed by atoms with E-state index in [0.717, 1.165) is 36.4 Å². The second-order valence-corrected chi connectivity index (χ2v) is 6.54. The topological polar surface area (TPSA) is 81.8 Å². The van der Waals surface area contributed by atoms with Crippen molar-refractivity contribution in [3.8, 4) is 0 Å². The van der Waals surface area contributed by atoms with Crippen LogP contribution < -0.4 is 10.7 Å². The van der Waals surface area contributed by atoms with Crippen molar-refractivity contribution in [3.63, 3.8) is 0 Å². The summed E-state index contributed by atoms with van der Waals surface area (Å²) in [6, 6.07) is 8.57. The van der Waals surface area contributed by atoms with Crippen LogP contribution in [-0.4, -0.2) is 40.8 Å². The zero-order chi connectivity index (χ0) is 18.5. The van der Waals surface area contributed by atoms with E-state index >= 15 is 0 Å². The molecule has 1 atom stereocenters. The van der Waals surface area contributed by atoms with E-state index < -0.39 is 23.8 Å². The van der Waals surface area contributed by atoms with E-state index in [9.17, 15) is 14.4 Å². The highest BCUT2D eigenvalue weighted by molar-refractivity contribution is 6.17. The molecule has 1 aromatic carbocycles. The van der Waals surface area contributed by atoms with Crippen molar-refractivity contribution >= 4 is 17.8 Å². The van der Waals surface area contributed by atoms with Gasteiger partial charge in [0, 0.05) is 18.8 Å². The van der Waals surface area contributed by atoms with Gasteiger partial charge in [-0.15, -0.1) is 0 Å². The molecular weight excluding hydrogens is 332 g/mol. The maximum absolute atomic E-state index is 12.9. The Kier molecular flexibility index (Phi) is 5.68. The molecule has 0 aromatic heterocycles. The predicted molar refractivity (Wildman–Crippen MR) is 96.3 cm³/mol.